The van der Waals surface area contributed by atoms with Crippen molar-refractivity contribution in [3.8, 4) is 11.3 Å². The Morgan fingerprint density at radius 3 is 2.76 bits per heavy atom. The Bertz CT molecular complexity index is 761. The Kier molecular flexibility index (Phi) is 3.57. The van der Waals surface area contributed by atoms with E-state index in [9.17, 15) is 0 Å². The maximum Gasteiger partial charge on any atom is 0.223 e. The molecule has 0 atom stereocenters. The summed E-state index contributed by atoms with van der Waals surface area (Å²) in [7, 11) is 3.73. The second kappa shape index (κ2) is 5.53. The van der Waals surface area contributed by atoms with Crippen molar-refractivity contribution in [3.63, 3.8) is 0 Å². The van der Waals surface area contributed by atoms with Gasteiger partial charge in [0.25, 0.3) is 0 Å². The predicted octanol–water partition coefficient (Wildman–Crippen LogP) is 1.88. The van der Waals surface area contributed by atoms with Crippen molar-refractivity contribution in [1.82, 2.24) is 29.3 Å². The molecule has 0 saturated carbocycles. The molecule has 0 radical (unpaired) electrons. The molecule has 3 aromatic rings. The van der Waals surface area contributed by atoms with Gasteiger partial charge in [-0.15, -0.1) is 0 Å². The van der Waals surface area contributed by atoms with Crippen molar-refractivity contribution in [2.75, 3.05) is 5.32 Å². The molecule has 3 heterocycles. The number of nitrogens with one attached hydrogen (secondary N) is 1. The Morgan fingerprint density at radius 2 is 2.10 bits per heavy atom. The quantitative estimate of drug-likeness (QED) is 0.796. The van der Waals surface area contributed by atoms with Gasteiger partial charge in [-0.05, 0) is 6.07 Å². The highest BCUT2D eigenvalue weighted by Crippen LogP contribution is 2.16. The van der Waals surface area contributed by atoms with E-state index in [1.54, 1.807) is 27.8 Å². The molecule has 3 aromatic heterocycles. The molecule has 0 aromatic carbocycles. The highest BCUT2D eigenvalue weighted by molar-refractivity contribution is 6.29. The summed E-state index contributed by atoms with van der Waals surface area (Å²) in [5.74, 6) is 1.35. The summed E-state index contributed by atoms with van der Waals surface area (Å²) < 4.78 is 3.54. The third-order valence-corrected chi connectivity index (χ3v) is 3.44. The topological polar surface area (TPSA) is 73.5 Å². The number of anilines is 1. The summed E-state index contributed by atoms with van der Waals surface area (Å²) in [6.45, 7) is 0.500. The van der Waals surface area contributed by atoms with Gasteiger partial charge in [0.05, 0.1) is 24.6 Å². The number of halogens is 1. The molecule has 0 aliphatic heterocycles. The molecule has 1 N–H and O–H groups in total. The van der Waals surface area contributed by atoms with Crippen LogP contribution in [0.2, 0.25) is 5.15 Å². The number of nitrogens with zero attached hydrogens (tertiary/aromatic N) is 6. The zero-order valence-electron chi connectivity index (χ0n) is 11.7. The Hall–Kier alpha value is -2.41. The number of hydrogen-bond acceptors (Lipinski definition) is 5. The van der Waals surface area contributed by atoms with Crippen LogP contribution in [0.5, 0.6) is 0 Å². The lowest BCUT2D eigenvalue weighted by Gasteiger charge is -2.06. The van der Waals surface area contributed by atoms with Crippen LogP contribution in [0, 0.1) is 0 Å². The van der Waals surface area contributed by atoms with Crippen LogP contribution >= 0.6 is 11.6 Å². The maximum absolute atomic E-state index is 5.95. The molecule has 0 bridgehead atoms. The molecule has 0 unspecified atom stereocenters. The summed E-state index contributed by atoms with van der Waals surface area (Å²) in [4.78, 5) is 12.9. The van der Waals surface area contributed by atoms with E-state index in [1.165, 1.54) is 0 Å². The van der Waals surface area contributed by atoms with E-state index in [0.717, 1.165) is 17.1 Å². The second-order valence-electron chi connectivity index (χ2n) is 4.58. The summed E-state index contributed by atoms with van der Waals surface area (Å²) in [6.07, 6.45) is 7.00. The van der Waals surface area contributed by atoms with Gasteiger partial charge in [0.1, 0.15) is 11.0 Å². The number of rotatable bonds is 4. The number of hydrogen-bond donors (Lipinski definition) is 1. The zero-order chi connectivity index (χ0) is 14.8. The van der Waals surface area contributed by atoms with Gasteiger partial charge >= 0.3 is 0 Å². The minimum absolute atomic E-state index is 0.500. The molecule has 0 spiro atoms. The summed E-state index contributed by atoms with van der Waals surface area (Å²) in [5, 5.41) is 7.87. The minimum atomic E-state index is 0.500. The Morgan fingerprint density at radius 1 is 1.24 bits per heavy atom. The molecule has 8 heteroatoms. The first-order valence-corrected chi connectivity index (χ1v) is 6.73. The van der Waals surface area contributed by atoms with E-state index in [0.29, 0.717) is 17.6 Å². The molecule has 0 amide bonds. The van der Waals surface area contributed by atoms with Gasteiger partial charge in [0, 0.05) is 32.1 Å². The fraction of sp³-hybridized carbons (Fsp3) is 0.231. The molecular formula is C13H14ClN7. The van der Waals surface area contributed by atoms with Crippen LogP contribution in [0.25, 0.3) is 11.3 Å². The minimum Gasteiger partial charge on any atom is -0.347 e. The fourth-order valence-corrected chi connectivity index (χ4v) is 2.05. The van der Waals surface area contributed by atoms with Crippen molar-refractivity contribution in [2.24, 2.45) is 14.1 Å². The van der Waals surface area contributed by atoms with Gasteiger partial charge in [-0.3, -0.25) is 4.68 Å². The lowest BCUT2D eigenvalue weighted by Crippen LogP contribution is -2.08. The smallest absolute Gasteiger partial charge is 0.223 e. The van der Waals surface area contributed by atoms with E-state index in [4.69, 9.17) is 11.6 Å². The molecule has 21 heavy (non-hydrogen) atoms. The first kappa shape index (κ1) is 13.6. The highest BCUT2D eigenvalue weighted by atomic mass is 35.5. The van der Waals surface area contributed by atoms with Crippen LogP contribution in [0.15, 0.2) is 30.9 Å². The van der Waals surface area contributed by atoms with Gasteiger partial charge in [-0.25, -0.2) is 15.0 Å². The average molecular weight is 304 g/mol. The first-order valence-electron chi connectivity index (χ1n) is 6.35. The zero-order valence-corrected chi connectivity index (χ0v) is 12.4. The fourth-order valence-electron chi connectivity index (χ4n) is 1.90. The summed E-state index contributed by atoms with van der Waals surface area (Å²) >= 11 is 5.95. The lowest BCUT2D eigenvalue weighted by atomic mass is 10.2. The molecule has 108 valence electrons. The van der Waals surface area contributed by atoms with Crippen LogP contribution in [0.3, 0.4) is 0 Å². The van der Waals surface area contributed by atoms with Gasteiger partial charge in [-0.1, -0.05) is 11.6 Å². The maximum atomic E-state index is 5.95. The Balaban J connectivity index is 1.76. The first-order chi connectivity index (χ1) is 10.1. The normalized spacial score (nSPS) is 10.8. The third-order valence-electron chi connectivity index (χ3n) is 3.09. The van der Waals surface area contributed by atoms with Gasteiger partial charge in [0.15, 0.2) is 0 Å². The van der Waals surface area contributed by atoms with Gasteiger partial charge < -0.3 is 9.88 Å². The number of imidazole rings is 1. The largest absolute Gasteiger partial charge is 0.347 e. The van der Waals surface area contributed by atoms with E-state index in [1.807, 2.05) is 26.4 Å². The monoisotopic (exact) mass is 303 g/mol. The van der Waals surface area contributed by atoms with Crippen LogP contribution in [-0.4, -0.2) is 29.3 Å². The molecule has 0 aliphatic carbocycles. The highest BCUT2D eigenvalue weighted by Gasteiger charge is 2.07. The molecule has 7 nitrogen and oxygen atoms in total. The van der Waals surface area contributed by atoms with E-state index >= 15 is 0 Å². The van der Waals surface area contributed by atoms with Crippen molar-refractivity contribution in [1.29, 1.82) is 0 Å². The second-order valence-corrected chi connectivity index (χ2v) is 4.97. The molecule has 3 rings (SSSR count). The van der Waals surface area contributed by atoms with E-state index < -0.39 is 0 Å². The molecule has 0 saturated heterocycles. The van der Waals surface area contributed by atoms with Crippen LogP contribution in [-0.2, 0) is 20.6 Å². The van der Waals surface area contributed by atoms with Crippen LogP contribution in [0.1, 0.15) is 5.82 Å². The van der Waals surface area contributed by atoms with E-state index in [2.05, 4.69) is 25.4 Å². The van der Waals surface area contributed by atoms with Crippen LogP contribution < -0.4 is 5.32 Å². The Labute approximate surface area is 126 Å². The summed E-state index contributed by atoms with van der Waals surface area (Å²) in [5.41, 5.74) is 1.77. The lowest BCUT2D eigenvalue weighted by molar-refractivity contribution is 0.768. The molecule has 0 aliphatic rings. The van der Waals surface area contributed by atoms with Crippen molar-refractivity contribution >= 4 is 17.5 Å². The molecular weight excluding hydrogens is 290 g/mol. The molecule has 0 fully saturated rings. The van der Waals surface area contributed by atoms with Gasteiger partial charge in [-0.2, -0.15) is 5.10 Å². The van der Waals surface area contributed by atoms with Crippen molar-refractivity contribution in [3.05, 3.63) is 41.8 Å². The van der Waals surface area contributed by atoms with Crippen molar-refractivity contribution < 1.29 is 0 Å². The van der Waals surface area contributed by atoms with Crippen molar-refractivity contribution in [2.45, 2.75) is 6.54 Å². The van der Waals surface area contributed by atoms with Crippen LogP contribution in [0.4, 0.5) is 5.95 Å². The van der Waals surface area contributed by atoms with Gasteiger partial charge in [0.2, 0.25) is 5.95 Å². The number of aromatic nitrogens is 6. The SMILES string of the molecule is Cn1cc(-c2ccnc(NCc3ncc(Cl)n3C)n2)cn1. The van der Waals surface area contributed by atoms with E-state index in [-0.39, 0.29) is 0 Å². The average Bonchev–Trinajstić information content (AvgIpc) is 3.05. The number of aryl methyl sites for hydroxylation is 1. The third kappa shape index (κ3) is 2.87. The standard InChI is InChI=1S/C13H14ClN7/c1-20-8-9(5-18-20)10-3-4-15-13(19-10)17-7-12-16-6-11(14)21(12)2/h3-6,8H,7H2,1-2H3,(H,15,17,19). The summed E-state index contributed by atoms with van der Waals surface area (Å²) in [6, 6.07) is 1.85. The predicted molar refractivity (Wildman–Crippen MR) is 79.8 cm³/mol.